The molecule has 0 fully saturated rings. The Morgan fingerprint density at radius 1 is 0.889 bits per heavy atom. The van der Waals surface area contributed by atoms with Gasteiger partial charge in [0.05, 0.1) is 24.3 Å². The SMILES string of the molecule is COC(C)CC(C#N)N=NC(C#N)CC(C)OC. The van der Waals surface area contributed by atoms with Gasteiger partial charge in [0, 0.05) is 27.1 Å². The number of ether oxygens (including phenoxy) is 2. The van der Waals surface area contributed by atoms with E-state index in [1.54, 1.807) is 14.2 Å². The van der Waals surface area contributed by atoms with Crippen LogP contribution in [0.5, 0.6) is 0 Å². The Balaban J connectivity index is 4.39. The van der Waals surface area contributed by atoms with Gasteiger partial charge in [-0.25, -0.2) is 0 Å². The molecule has 0 aromatic carbocycles. The van der Waals surface area contributed by atoms with E-state index in [0.717, 1.165) is 0 Å². The molecule has 6 heteroatoms. The van der Waals surface area contributed by atoms with Gasteiger partial charge in [-0.05, 0) is 13.8 Å². The highest BCUT2D eigenvalue weighted by atomic mass is 16.5. The molecule has 0 aromatic heterocycles. The zero-order valence-corrected chi connectivity index (χ0v) is 11.3. The average molecular weight is 252 g/mol. The number of rotatable bonds is 8. The molecular formula is C12H20N4O2. The van der Waals surface area contributed by atoms with Crippen LogP contribution in [0, 0.1) is 22.7 Å². The van der Waals surface area contributed by atoms with Crippen LogP contribution in [0.25, 0.3) is 0 Å². The molecule has 0 amide bonds. The van der Waals surface area contributed by atoms with Crippen molar-refractivity contribution >= 4 is 0 Å². The lowest BCUT2D eigenvalue weighted by Crippen LogP contribution is -2.16. The Kier molecular flexibility index (Phi) is 8.73. The Morgan fingerprint density at radius 3 is 1.44 bits per heavy atom. The quantitative estimate of drug-likeness (QED) is 0.618. The van der Waals surface area contributed by atoms with Crippen LogP contribution in [0.15, 0.2) is 10.2 Å². The second-order valence-corrected chi connectivity index (χ2v) is 4.08. The van der Waals surface area contributed by atoms with Crippen LogP contribution < -0.4 is 0 Å². The third kappa shape index (κ3) is 6.95. The summed E-state index contributed by atoms with van der Waals surface area (Å²) >= 11 is 0. The Morgan fingerprint density at radius 2 is 1.22 bits per heavy atom. The van der Waals surface area contributed by atoms with Gasteiger partial charge >= 0.3 is 0 Å². The molecule has 0 aromatic rings. The number of nitrogens with zero attached hydrogens (tertiary/aromatic N) is 4. The average Bonchev–Trinajstić information content (AvgIpc) is 2.40. The summed E-state index contributed by atoms with van der Waals surface area (Å²) < 4.78 is 10.1. The van der Waals surface area contributed by atoms with Crippen LogP contribution in [0.4, 0.5) is 0 Å². The Labute approximate surface area is 108 Å². The van der Waals surface area contributed by atoms with Gasteiger partial charge < -0.3 is 9.47 Å². The highest BCUT2D eigenvalue weighted by Gasteiger charge is 2.14. The molecule has 6 nitrogen and oxygen atoms in total. The van der Waals surface area contributed by atoms with Gasteiger partial charge in [0.25, 0.3) is 0 Å². The molecule has 0 bridgehead atoms. The van der Waals surface area contributed by atoms with Gasteiger partial charge in [0.2, 0.25) is 0 Å². The van der Waals surface area contributed by atoms with Crippen molar-refractivity contribution in [1.82, 2.24) is 0 Å². The normalized spacial score (nSPS) is 17.7. The molecule has 100 valence electrons. The van der Waals surface area contributed by atoms with Gasteiger partial charge in [0.15, 0.2) is 12.1 Å². The van der Waals surface area contributed by atoms with Crippen molar-refractivity contribution in [2.45, 2.75) is 51.0 Å². The van der Waals surface area contributed by atoms with Gasteiger partial charge in [0.1, 0.15) is 0 Å². The minimum absolute atomic E-state index is 0.0629. The van der Waals surface area contributed by atoms with Crippen LogP contribution in [0.3, 0.4) is 0 Å². The van der Waals surface area contributed by atoms with Crippen LogP contribution >= 0.6 is 0 Å². The summed E-state index contributed by atoms with van der Waals surface area (Å²) in [5.74, 6) is 0. The Bertz CT molecular complexity index is 300. The maximum atomic E-state index is 8.92. The Hall–Kier alpha value is -1.50. The molecular weight excluding hydrogens is 232 g/mol. The van der Waals surface area contributed by atoms with Gasteiger partial charge in [-0.3, -0.25) is 0 Å². The highest BCUT2D eigenvalue weighted by molar-refractivity contribution is 4.94. The molecule has 0 heterocycles. The van der Waals surface area contributed by atoms with Crippen molar-refractivity contribution in [3.63, 3.8) is 0 Å². The van der Waals surface area contributed by atoms with E-state index in [1.807, 2.05) is 26.0 Å². The molecule has 0 spiro atoms. The number of methoxy groups -OCH3 is 2. The van der Waals surface area contributed by atoms with Crippen LogP contribution in [0.2, 0.25) is 0 Å². The standard InChI is InChI=1S/C12H20N4O2/c1-9(17-3)5-11(7-13)15-16-12(8-14)6-10(2)18-4/h9-12H,5-6H2,1-4H3. The third-order valence-corrected chi connectivity index (χ3v) is 2.56. The lowest BCUT2D eigenvalue weighted by Gasteiger charge is -2.12. The van der Waals surface area contributed by atoms with Crippen LogP contribution in [-0.2, 0) is 9.47 Å². The monoisotopic (exact) mass is 252 g/mol. The van der Waals surface area contributed by atoms with E-state index < -0.39 is 12.1 Å². The van der Waals surface area contributed by atoms with Crippen molar-refractivity contribution in [3.05, 3.63) is 0 Å². The number of hydrogen-bond acceptors (Lipinski definition) is 6. The minimum Gasteiger partial charge on any atom is -0.382 e. The van der Waals surface area contributed by atoms with Gasteiger partial charge in [-0.2, -0.15) is 20.8 Å². The molecule has 0 saturated carbocycles. The zero-order valence-electron chi connectivity index (χ0n) is 11.3. The van der Waals surface area contributed by atoms with Crippen molar-refractivity contribution < 1.29 is 9.47 Å². The van der Waals surface area contributed by atoms with E-state index in [0.29, 0.717) is 12.8 Å². The van der Waals surface area contributed by atoms with E-state index >= 15 is 0 Å². The van der Waals surface area contributed by atoms with Crippen LogP contribution in [-0.4, -0.2) is 38.5 Å². The largest absolute Gasteiger partial charge is 0.382 e. The summed E-state index contributed by atoms with van der Waals surface area (Å²) in [4.78, 5) is 0. The van der Waals surface area contributed by atoms with Crippen molar-refractivity contribution in [3.8, 4) is 12.1 Å². The molecule has 0 aliphatic rings. The van der Waals surface area contributed by atoms with Crippen molar-refractivity contribution in [1.29, 1.82) is 10.5 Å². The van der Waals surface area contributed by atoms with E-state index in [2.05, 4.69) is 10.2 Å². The summed E-state index contributed by atoms with van der Waals surface area (Å²) in [6.07, 6.45) is 0.808. The third-order valence-electron chi connectivity index (χ3n) is 2.56. The first kappa shape index (κ1) is 16.5. The predicted molar refractivity (Wildman–Crippen MR) is 65.8 cm³/mol. The van der Waals surface area contributed by atoms with Crippen molar-refractivity contribution in [2.24, 2.45) is 10.2 Å². The first-order valence-electron chi connectivity index (χ1n) is 5.82. The second kappa shape index (κ2) is 9.52. The second-order valence-electron chi connectivity index (χ2n) is 4.08. The summed E-state index contributed by atoms with van der Waals surface area (Å²) in [7, 11) is 3.16. The lowest BCUT2D eigenvalue weighted by atomic mass is 10.1. The lowest BCUT2D eigenvalue weighted by molar-refractivity contribution is 0.105. The van der Waals surface area contributed by atoms with E-state index in [9.17, 15) is 0 Å². The summed E-state index contributed by atoms with van der Waals surface area (Å²) in [5, 5.41) is 25.6. The zero-order chi connectivity index (χ0) is 14.0. The molecule has 0 rings (SSSR count). The summed E-state index contributed by atoms with van der Waals surface area (Å²) in [5.41, 5.74) is 0. The first-order valence-corrected chi connectivity index (χ1v) is 5.82. The van der Waals surface area contributed by atoms with E-state index in [1.165, 1.54) is 0 Å². The highest BCUT2D eigenvalue weighted by Crippen LogP contribution is 2.09. The van der Waals surface area contributed by atoms with E-state index in [-0.39, 0.29) is 12.2 Å². The number of hydrogen-bond donors (Lipinski definition) is 0. The summed E-state index contributed by atoms with van der Waals surface area (Å²) in [6.45, 7) is 3.71. The topological polar surface area (TPSA) is 90.8 Å². The first-order chi connectivity index (χ1) is 8.57. The smallest absolute Gasteiger partial charge is 0.159 e. The maximum Gasteiger partial charge on any atom is 0.159 e. The summed E-state index contributed by atoms with van der Waals surface area (Å²) in [6, 6.07) is 2.92. The van der Waals surface area contributed by atoms with Crippen LogP contribution in [0.1, 0.15) is 26.7 Å². The fourth-order valence-corrected chi connectivity index (χ4v) is 1.23. The fraction of sp³-hybridized carbons (Fsp3) is 0.833. The molecule has 4 atom stereocenters. The van der Waals surface area contributed by atoms with E-state index in [4.69, 9.17) is 20.0 Å². The predicted octanol–water partition coefficient (Wildman–Crippen LogP) is 2.07. The molecule has 0 aliphatic heterocycles. The molecule has 4 unspecified atom stereocenters. The minimum atomic E-state index is -0.575. The molecule has 0 saturated heterocycles. The van der Waals surface area contributed by atoms with Gasteiger partial charge in [-0.1, -0.05) is 0 Å². The maximum absolute atomic E-state index is 8.92. The molecule has 0 aliphatic carbocycles. The number of nitriles is 2. The number of azo groups is 1. The van der Waals surface area contributed by atoms with Gasteiger partial charge in [-0.15, -0.1) is 0 Å². The van der Waals surface area contributed by atoms with Crippen molar-refractivity contribution in [2.75, 3.05) is 14.2 Å². The molecule has 18 heavy (non-hydrogen) atoms. The molecule has 0 radical (unpaired) electrons. The molecule has 0 N–H and O–H groups in total. The fourth-order valence-electron chi connectivity index (χ4n) is 1.23.